The van der Waals surface area contributed by atoms with E-state index in [0.717, 1.165) is 24.8 Å². The third-order valence-corrected chi connectivity index (χ3v) is 6.51. The van der Waals surface area contributed by atoms with Crippen LogP contribution in [0.2, 0.25) is 5.02 Å². The number of likely N-dealkylation sites (tertiary alicyclic amines) is 1. The molecule has 0 saturated carbocycles. The van der Waals surface area contributed by atoms with Gasteiger partial charge in [0.1, 0.15) is 0 Å². The summed E-state index contributed by atoms with van der Waals surface area (Å²) in [5.41, 5.74) is 2.99. The molecular weight excluding hydrogens is 428 g/mol. The number of aryl methyl sites for hydroxylation is 1. The zero-order chi connectivity index (χ0) is 22.5. The Bertz CT molecular complexity index is 984. The van der Waals surface area contributed by atoms with Gasteiger partial charge in [-0.2, -0.15) is 0 Å². The number of carbonyl (C=O) groups excluding carboxylic acids is 3. The van der Waals surface area contributed by atoms with E-state index in [1.165, 1.54) is 5.56 Å². The number of halogens is 1. The van der Waals surface area contributed by atoms with Crippen LogP contribution in [0.3, 0.4) is 0 Å². The van der Waals surface area contributed by atoms with Gasteiger partial charge in [0.2, 0.25) is 0 Å². The topological polar surface area (TPSA) is 75.7 Å². The molecule has 2 amide bonds. The summed E-state index contributed by atoms with van der Waals surface area (Å²) in [6.45, 7) is 0.681. The maximum atomic E-state index is 12.6. The first-order chi connectivity index (χ1) is 15.5. The number of piperidine rings is 1. The highest BCUT2D eigenvalue weighted by molar-refractivity contribution is 6.30. The number of hydrogen-bond acceptors (Lipinski definition) is 4. The first kappa shape index (κ1) is 22.3. The van der Waals surface area contributed by atoms with Crippen molar-refractivity contribution in [1.29, 1.82) is 0 Å². The van der Waals surface area contributed by atoms with Crippen molar-refractivity contribution >= 4 is 29.4 Å². The van der Waals surface area contributed by atoms with Gasteiger partial charge in [0.15, 0.2) is 6.61 Å². The lowest BCUT2D eigenvalue weighted by Gasteiger charge is -2.31. The normalized spacial score (nSPS) is 18.5. The van der Waals surface area contributed by atoms with Gasteiger partial charge in [-0.3, -0.25) is 14.4 Å². The molecule has 6 nitrogen and oxygen atoms in total. The molecule has 1 aliphatic carbocycles. The van der Waals surface area contributed by atoms with Gasteiger partial charge in [-0.05, 0) is 67.5 Å². The van der Waals surface area contributed by atoms with Crippen molar-refractivity contribution in [2.45, 2.75) is 38.1 Å². The largest absolute Gasteiger partial charge is 0.455 e. The number of carbonyl (C=O) groups is 3. The molecule has 1 atom stereocenters. The number of amides is 2. The highest BCUT2D eigenvalue weighted by Crippen LogP contribution is 2.29. The minimum absolute atomic E-state index is 0.0340. The molecule has 2 aromatic rings. The van der Waals surface area contributed by atoms with Crippen LogP contribution in [0, 0.1) is 5.92 Å². The molecule has 32 heavy (non-hydrogen) atoms. The monoisotopic (exact) mass is 454 g/mol. The van der Waals surface area contributed by atoms with Gasteiger partial charge in [0, 0.05) is 23.7 Å². The molecule has 0 radical (unpaired) electrons. The highest BCUT2D eigenvalue weighted by Gasteiger charge is 2.29. The van der Waals surface area contributed by atoms with E-state index >= 15 is 0 Å². The van der Waals surface area contributed by atoms with Crippen molar-refractivity contribution in [3.05, 3.63) is 70.2 Å². The van der Waals surface area contributed by atoms with Crippen molar-refractivity contribution in [1.82, 2.24) is 10.2 Å². The summed E-state index contributed by atoms with van der Waals surface area (Å²) in [4.78, 5) is 39.2. The number of esters is 1. The molecule has 1 saturated heterocycles. The van der Waals surface area contributed by atoms with Crippen LogP contribution in [0.15, 0.2) is 48.5 Å². The van der Waals surface area contributed by atoms with Crippen LogP contribution in [0.1, 0.15) is 53.2 Å². The number of nitrogens with one attached hydrogen (secondary N) is 1. The van der Waals surface area contributed by atoms with Crippen LogP contribution in [0.25, 0.3) is 0 Å². The van der Waals surface area contributed by atoms with Crippen molar-refractivity contribution in [2.24, 2.45) is 5.92 Å². The van der Waals surface area contributed by atoms with Gasteiger partial charge < -0.3 is 15.0 Å². The van der Waals surface area contributed by atoms with Crippen molar-refractivity contribution in [3.8, 4) is 0 Å². The fourth-order valence-electron chi connectivity index (χ4n) is 4.49. The Hall–Kier alpha value is -2.86. The standard InChI is InChI=1S/C25H27ClN2O4/c26-20-10-8-18(9-11-20)24(30)28-14-12-19(13-15-28)25(31)32-16-23(29)27-22-7-3-5-17-4-1-2-6-21(17)22/h1-2,4,6,8-11,19,22H,3,5,7,12-16H2,(H,27,29)/t22-/m0/s1. The van der Waals surface area contributed by atoms with Crippen LogP contribution in [0.5, 0.6) is 0 Å². The first-order valence-electron chi connectivity index (χ1n) is 11.1. The molecule has 2 aliphatic rings. The molecule has 2 aromatic carbocycles. The minimum Gasteiger partial charge on any atom is -0.455 e. The highest BCUT2D eigenvalue weighted by atomic mass is 35.5. The summed E-state index contributed by atoms with van der Waals surface area (Å²) < 4.78 is 5.30. The summed E-state index contributed by atoms with van der Waals surface area (Å²) in [7, 11) is 0. The third-order valence-electron chi connectivity index (χ3n) is 6.26. The number of hydrogen-bond donors (Lipinski definition) is 1. The second-order valence-corrected chi connectivity index (χ2v) is 8.83. The summed E-state index contributed by atoms with van der Waals surface area (Å²) in [5, 5.41) is 3.58. The predicted molar refractivity (Wildman–Crippen MR) is 121 cm³/mol. The van der Waals surface area contributed by atoms with Gasteiger partial charge in [-0.1, -0.05) is 35.9 Å². The molecule has 1 aliphatic heterocycles. The Kier molecular flexibility index (Phi) is 7.10. The predicted octanol–water partition coefficient (Wildman–Crippen LogP) is 3.93. The van der Waals surface area contributed by atoms with E-state index in [1.54, 1.807) is 29.2 Å². The van der Waals surface area contributed by atoms with E-state index in [-0.39, 0.29) is 36.4 Å². The van der Waals surface area contributed by atoms with E-state index in [4.69, 9.17) is 16.3 Å². The Morgan fingerprint density at radius 2 is 1.72 bits per heavy atom. The SMILES string of the molecule is O=C(COC(=O)C1CCN(C(=O)c2ccc(Cl)cc2)CC1)N[C@H]1CCCc2ccccc21. The van der Waals surface area contributed by atoms with Crippen LogP contribution < -0.4 is 5.32 Å². The molecule has 0 aromatic heterocycles. The number of benzene rings is 2. The third kappa shape index (κ3) is 5.30. The fraction of sp³-hybridized carbons (Fsp3) is 0.400. The Morgan fingerprint density at radius 3 is 2.47 bits per heavy atom. The van der Waals surface area contributed by atoms with Gasteiger partial charge >= 0.3 is 5.97 Å². The Balaban J connectivity index is 1.22. The second-order valence-electron chi connectivity index (χ2n) is 8.39. The summed E-state index contributed by atoms with van der Waals surface area (Å²) >= 11 is 5.88. The van der Waals surface area contributed by atoms with Gasteiger partial charge in [0.25, 0.3) is 11.8 Å². The Morgan fingerprint density at radius 1 is 1.00 bits per heavy atom. The number of ether oxygens (including phenoxy) is 1. The average molecular weight is 455 g/mol. The number of nitrogens with zero attached hydrogens (tertiary/aromatic N) is 1. The molecule has 7 heteroatoms. The zero-order valence-electron chi connectivity index (χ0n) is 17.9. The second kappa shape index (κ2) is 10.2. The molecule has 1 N–H and O–H groups in total. The van der Waals surface area contributed by atoms with Crippen molar-refractivity contribution in [3.63, 3.8) is 0 Å². The van der Waals surface area contributed by atoms with Gasteiger partial charge in [-0.25, -0.2) is 0 Å². The van der Waals surface area contributed by atoms with Crippen LogP contribution in [-0.2, 0) is 20.7 Å². The fourth-order valence-corrected chi connectivity index (χ4v) is 4.61. The van der Waals surface area contributed by atoms with Crippen LogP contribution in [-0.4, -0.2) is 42.4 Å². The van der Waals surface area contributed by atoms with E-state index in [1.807, 2.05) is 18.2 Å². The van der Waals surface area contributed by atoms with Crippen molar-refractivity contribution < 1.29 is 19.1 Å². The minimum atomic E-state index is -0.372. The average Bonchev–Trinajstić information content (AvgIpc) is 2.83. The molecule has 0 bridgehead atoms. The Labute approximate surface area is 192 Å². The molecule has 1 heterocycles. The smallest absolute Gasteiger partial charge is 0.309 e. The number of fused-ring (bicyclic) bond motifs is 1. The van der Waals surface area contributed by atoms with E-state index in [2.05, 4.69) is 11.4 Å². The first-order valence-corrected chi connectivity index (χ1v) is 11.5. The lowest BCUT2D eigenvalue weighted by molar-refractivity contribution is -0.154. The molecular formula is C25H27ClN2O4. The molecule has 1 fully saturated rings. The zero-order valence-corrected chi connectivity index (χ0v) is 18.6. The van der Waals surface area contributed by atoms with Gasteiger partial charge in [-0.15, -0.1) is 0 Å². The summed E-state index contributed by atoms with van der Waals surface area (Å²) in [6.07, 6.45) is 3.98. The number of rotatable bonds is 5. The van der Waals surface area contributed by atoms with E-state index < -0.39 is 0 Å². The van der Waals surface area contributed by atoms with E-state index in [0.29, 0.717) is 36.5 Å². The molecule has 0 unspecified atom stereocenters. The molecule has 0 spiro atoms. The quantitative estimate of drug-likeness (QED) is 0.694. The summed E-state index contributed by atoms with van der Waals surface area (Å²) in [5.74, 6) is -1.02. The van der Waals surface area contributed by atoms with Crippen molar-refractivity contribution in [2.75, 3.05) is 19.7 Å². The van der Waals surface area contributed by atoms with Gasteiger partial charge in [0.05, 0.1) is 12.0 Å². The van der Waals surface area contributed by atoms with Crippen LogP contribution in [0.4, 0.5) is 0 Å². The van der Waals surface area contributed by atoms with Crippen LogP contribution >= 0.6 is 11.6 Å². The summed E-state index contributed by atoms with van der Waals surface area (Å²) in [6, 6.07) is 14.9. The molecule has 168 valence electrons. The lowest BCUT2D eigenvalue weighted by Crippen LogP contribution is -2.41. The lowest BCUT2D eigenvalue weighted by atomic mass is 9.88. The molecule has 4 rings (SSSR count). The maximum absolute atomic E-state index is 12.6. The van der Waals surface area contributed by atoms with E-state index in [9.17, 15) is 14.4 Å². The maximum Gasteiger partial charge on any atom is 0.309 e.